The molecule has 0 saturated carbocycles. The van der Waals surface area contributed by atoms with E-state index in [1.807, 2.05) is 219 Å². The van der Waals surface area contributed by atoms with Crippen LogP contribution in [0.15, 0.2) is 147 Å². The number of nitrogens with zero attached hydrogens (tertiary/aromatic N) is 6. The maximum absolute atomic E-state index is 7.94. The zero-order valence-electron chi connectivity index (χ0n) is 74.7. The van der Waals surface area contributed by atoms with E-state index in [0.29, 0.717) is 0 Å². The number of rotatable bonds is 4. The standard InChI is InChI=1S/C37H32N4.C35H30N6.14C2H6.4CH4/c1-3-20-8-5-10-22-18-24-12-14-26-27-15-13-25-19-23-11-6-9-21(4-2)32(23)37(39)34(25)29(27)30-28(26)33(24)36(38,31(20)22)40-16-7-17-41(37)35(30)40;1-3-18-14-38-16-22-12-20-6-8-24-25-9-7-21-13-23-17-39-15-19(4-2)30(23)35(37)32(21)27(25)28-26(24)31(20)34(36,29(18)22)40-10-5-11-41(35)33(28)40;14*1-2;;;;/h5-17,30H,3-4,18-19,38-39H2,1-2H3;5-11,14-17,28H,3-4,12-13,36-37H2,1-2H3;14*1-2H3;4*1H4/q2*+2;;;;;;;;;;;;;;;;;;. The summed E-state index contributed by atoms with van der Waals surface area (Å²) in [6, 6.07) is 36.6. The van der Waals surface area contributed by atoms with E-state index in [2.05, 4.69) is 178 Å². The second-order valence-corrected chi connectivity index (χ2v) is 25.0. The van der Waals surface area contributed by atoms with Gasteiger partial charge in [0.15, 0.2) is 36.6 Å². The van der Waals surface area contributed by atoms with Crippen molar-refractivity contribution in [1.29, 1.82) is 0 Å². The highest BCUT2D eigenvalue weighted by atomic mass is 15.3. The van der Waals surface area contributed by atoms with Gasteiger partial charge in [0.25, 0.3) is 22.7 Å². The number of hydrogen-bond acceptors (Lipinski definition) is 6. The SMILES string of the molecule is C.C.C.C.CC.CC.CC.CC.CC.CC.CC.CC.CC.CC.CC.CC.CC.CC.CCc1cccc2c1C1(N)c3c(ccc4c3C3c5c-4ccc4c5C(N)(c5c(CC)cccc5C4)[n+]4ccc[n+]1c43)C2.CCc1cncc2c1C1(N)c3c(ccc4c3C3c5c-4ccc4c5C(N)(c5c(CC)cncc5C4)[n+]4ccc[n+]1c43)C2. The number of pyridine rings is 2. The minimum absolute atomic E-state index is 0. The van der Waals surface area contributed by atoms with Crippen LogP contribution in [0.5, 0.6) is 0 Å². The molecule has 4 aliphatic heterocycles. The minimum Gasteiger partial charge on any atom is -0.264 e. The fourth-order valence-corrected chi connectivity index (χ4v) is 19.0. The van der Waals surface area contributed by atoms with Gasteiger partial charge in [0.2, 0.25) is 0 Å². The maximum atomic E-state index is 7.94. The monoisotopic (exact) mass is 1550 g/mol. The molecule has 10 aromatic rings. The average molecular weight is 1550 g/mol. The second-order valence-electron chi connectivity index (χ2n) is 25.0. The Morgan fingerprint density at radius 3 is 0.702 bits per heavy atom. The first-order valence-electron chi connectivity index (χ1n) is 43.9. The van der Waals surface area contributed by atoms with Crippen LogP contribution in [0, 0.1) is 0 Å². The molecule has 114 heavy (non-hydrogen) atoms. The second kappa shape index (κ2) is 45.2. The van der Waals surface area contributed by atoms with Crippen LogP contribution in [0.2, 0.25) is 0 Å². The van der Waals surface area contributed by atoms with Crippen LogP contribution in [-0.4, -0.2) is 9.97 Å². The summed E-state index contributed by atoms with van der Waals surface area (Å²) < 4.78 is 9.55. The third kappa shape index (κ3) is 14.8. The predicted octanol–water partition coefficient (Wildman–Crippen LogP) is 24.5. The molecule has 8 heterocycles. The molecular weight excluding hydrogens is 1390 g/mol. The van der Waals surface area contributed by atoms with Crippen molar-refractivity contribution in [2.75, 3.05) is 0 Å². The zero-order valence-corrected chi connectivity index (χ0v) is 74.7. The molecule has 0 amide bonds. The van der Waals surface area contributed by atoms with Crippen LogP contribution in [-0.2, 0) is 74.0 Å². The molecule has 4 aromatic heterocycles. The Bertz CT molecular complexity index is 4170. The molecule has 4 atom stereocenters. The Hall–Kier alpha value is -8.38. The molecule has 0 radical (unpaired) electrons. The van der Waals surface area contributed by atoms with Gasteiger partial charge in [-0.3, -0.25) is 32.9 Å². The van der Waals surface area contributed by atoms with Crippen molar-refractivity contribution >= 4 is 0 Å². The van der Waals surface area contributed by atoms with Crippen molar-refractivity contribution < 1.29 is 18.3 Å². The zero-order chi connectivity index (χ0) is 82.8. The molecule has 10 nitrogen and oxygen atoms in total. The summed E-state index contributed by atoms with van der Waals surface area (Å²) >= 11 is 0. The molecule has 10 aliphatic rings. The summed E-state index contributed by atoms with van der Waals surface area (Å²) in [5, 5.41) is 0. The molecule has 0 saturated heterocycles. The molecule has 624 valence electrons. The number of aromatic nitrogens is 6. The van der Waals surface area contributed by atoms with Crippen molar-refractivity contribution in [3.8, 4) is 22.3 Å². The van der Waals surface area contributed by atoms with E-state index in [4.69, 9.17) is 22.9 Å². The van der Waals surface area contributed by atoms with Crippen LogP contribution in [0.4, 0.5) is 0 Å². The van der Waals surface area contributed by atoms with Gasteiger partial charge in [-0.15, -0.1) is 18.3 Å². The highest BCUT2D eigenvalue weighted by Crippen LogP contribution is 2.63. The van der Waals surface area contributed by atoms with Gasteiger partial charge < -0.3 is 0 Å². The highest BCUT2D eigenvalue weighted by Gasteiger charge is 2.70. The molecular formula is C104H162N10+4. The Morgan fingerprint density at radius 1 is 0.263 bits per heavy atom. The molecule has 6 aliphatic carbocycles. The first-order valence-corrected chi connectivity index (χ1v) is 43.9. The molecule has 4 unspecified atom stereocenters. The normalized spacial score (nSPS) is 18.0. The maximum Gasteiger partial charge on any atom is 0.434 e. The number of benzene rings is 6. The summed E-state index contributed by atoms with van der Waals surface area (Å²) in [5.74, 6) is 2.56. The van der Waals surface area contributed by atoms with Crippen LogP contribution < -0.4 is 41.2 Å². The van der Waals surface area contributed by atoms with Gasteiger partial charge in [-0.1, -0.05) is 336 Å². The largest absolute Gasteiger partial charge is 0.434 e. The third-order valence-electron chi connectivity index (χ3n) is 21.8. The van der Waals surface area contributed by atoms with E-state index in [0.717, 1.165) is 57.2 Å². The lowest BCUT2D eigenvalue weighted by Crippen LogP contribution is -2.79. The smallest absolute Gasteiger partial charge is 0.264 e. The molecule has 10 heteroatoms. The van der Waals surface area contributed by atoms with Gasteiger partial charge in [-0.05, 0) is 150 Å². The Balaban J connectivity index is 0.000000852. The minimum atomic E-state index is -0.862. The molecule has 20 rings (SSSR count). The van der Waals surface area contributed by atoms with Crippen LogP contribution in [0.3, 0.4) is 0 Å². The van der Waals surface area contributed by atoms with Crippen molar-refractivity contribution in [1.82, 2.24) is 9.97 Å². The molecule has 0 spiro atoms. The number of fused-ring (bicyclic) bond motifs is 14. The van der Waals surface area contributed by atoms with Gasteiger partial charge >= 0.3 is 11.6 Å². The van der Waals surface area contributed by atoms with Crippen molar-refractivity contribution in [2.45, 2.75) is 337 Å². The molecule has 0 fully saturated rings. The van der Waals surface area contributed by atoms with Crippen LogP contribution in [0.1, 0.15) is 408 Å². The fraction of sp³-hybridized carbons (Fsp3) is 0.481. The summed E-state index contributed by atoms with van der Waals surface area (Å²) in [4.78, 5) is 9.29. The van der Waals surface area contributed by atoms with E-state index >= 15 is 0 Å². The van der Waals surface area contributed by atoms with Crippen molar-refractivity contribution in [2.24, 2.45) is 22.9 Å². The lowest BCUT2D eigenvalue weighted by atomic mass is 9.66. The van der Waals surface area contributed by atoms with E-state index in [1.54, 1.807) is 0 Å². The number of nitrogens with two attached hydrogens (primary N) is 4. The molecule has 8 N–H and O–H groups in total. The quantitative estimate of drug-likeness (QED) is 0.129. The number of aryl methyl sites for hydroxylation is 4. The van der Waals surface area contributed by atoms with E-state index < -0.39 is 22.7 Å². The summed E-state index contributed by atoms with van der Waals surface area (Å²) in [5.41, 5.74) is 64.7. The predicted molar refractivity (Wildman–Crippen MR) is 497 cm³/mol. The summed E-state index contributed by atoms with van der Waals surface area (Å²) in [6.45, 7) is 64.9. The Kier molecular flexibility index (Phi) is 41.1. The van der Waals surface area contributed by atoms with Gasteiger partial charge in [-0.2, -0.15) is 0 Å². The molecule has 0 bridgehead atoms. The first-order chi connectivity index (χ1) is 54.0. The summed E-state index contributed by atoms with van der Waals surface area (Å²) in [6.07, 6.45) is 24.1. The van der Waals surface area contributed by atoms with E-state index in [1.165, 1.54) is 162 Å². The Labute approximate surface area is 698 Å². The first kappa shape index (κ1) is 104. The average Bonchev–Trinajstić information content (AvgIpc) is 1.42. The van der Waals surface area contributed by atoms with Crippen LogP contribution >= 0.6 is 0 Å². The Morgan fingerprint density at radius 2 is 0.474 bits per heavy atom. The van der Waals surface area contributed by atoms with Gasteiger partial charge in [0, 0.05) is 37.6 Å². The lowest BCUT2D eigenvalue weighted by Gasteiger charge is -2.43. The van der Waals surface area contributed by atoms with Gasteiger partial charge in [0.1, 0.15) is 0 Å². The molecule has 6 aromatic carbocycles. The van der Waals surface area contributed by atoms with Gasteiger partial charge in [0.05, 0.1) is 56.6 Å². The van der Waals surface area contributed by atoms with Crippen LogP contribution in [0.25, 0.3) is 22.3 Å². The van der Waals surface area contributed by atoms with Gasteiger partial charge in [-0.25, -0.2) is 0 Å². The van der Waals surface area contributed by atoms with E-state index in [9.17, 15) is 0 Å². The number of hydrogen-bond donors (Lipinski definition) is 4. The van der Waals surface area contributed by atoms with Crippen molar-refractivity contribution in [3.05, 3.63) is 292 Å². The van der Waals surface area contributed by atoms with E-state index in [-0.39, 0.29) is 41.5 Å². The topological polar surface area (TPSA) is 145 Å². The third-order valence-corrected chi connectivity index (χ3v) is 21.8. The lowest BCUT2D eigenvalue weighted by molar-refractivity contribution is -0.881. The fourth-order valence-electron chi connectivity index (χ4n) is 19.0. The van der Waals surface area contributed by atoms with Crippen molar-refractivity contribution in [3.63, 3.8) is 0 Å². The highest BCUT2D eigenvalue weighted by molar-refractivity contribution is 5.88. The summed E-state index contributed by atoms with van der Waals surface area (Å²) in [7, 11) is 0.